The molecular formula is C32H34N5O8+. The van der Waals surface area contributed by atoms with E-state index in [1.54, 1.807) is 66.7 Å². The molecule has 13 heteroatoms. The van der Waals surface area contributed by atoms with Crippen LogP contribution in [-0.4, -0.2) is 60.9 Å². The highest BCUT2D eigenvalue weighted by Crippen LogP contribution is 2.33. The number of anilines is 1. The first-order valence-corrected chi connectivity index (χ1v) is 14.2. The zero-order chi connectivity index (χ0) is 32.1. The zero-order valence-corrected chi connectivity index (χ0v) is 24.6. The lowest BCUT2D eigenvalue weighted by molar-refractivity contribution is -0.737. The van der Waals surface area contributed by atoms with E-state index in [1.165, 1.54) is 0 Å². The van der Waals surface area contributed by atoms with Gasteiger partial charge in [-0.2, -0.15) is 4.79 Å². The molecule has 0 saturated carbocycles. The van der Waals surface area contributed by atoms with Crippen LogP contribution in [0.2, 0.25) is 0 Å². The summed E-state index contributed by atoms with van der Waals surface area (Å²) in [6, 6.07) is 25.7. The average Bonchev–Trinajstić information content (AvgIpc) is 3.06. The third-order valence-electron chi connectivity index (χ3n) is 6.94. The molecule has 0 aliphatic carbocycles. The molecule has 6 amide bonds. The highest BCUT2D eigenvalue weighted by Gasteiger charge is 2.66. The fraction of sp³-hybridized carbons (Fsp3) is 0.250. The van der Waals surface area contributed by atoms with Crippen LogP contribution in [0.15, 0.2) is 96.0 Å². The lowest BCUT2D eigenvalue weighted by Crippen LogP contribution is -2.74. The van der Waals surface area contributed by atoms with Gasteiger partial charge in [-0.3, -0.25) is 10.6 Å². The summed E-state index contributed by atoms with van der Waals surface area (Å²) in [6.45, 7) is 0.0972. The Labute approximate surface area is 259 Å². The second-order valence-corrected chi connectivity index (χ2v) is 10.1. The number of carbonyl (C=O) groups is 5. The van der Waals surface area contributed by atoms with Gasteiger partial charge in [-0.25, -0.2) is 19.2 Å². The molecule has 3 aromatic rings. The van der Waals surface area contributed by atoms with Crippen molar-refractivity contribution in [1.29, 1.82) is 0 Å². The predicted molar refractivity (Wildman–Crippen MR) is 163 cm³/mol. The van der Waals surface area contributed by atoms with Gasteiger partial charge in [-0.1, -0.05) is 83.3 Å². The summed E-state index contributed by atoms with van der Waals surface area (Å²) in [5.41, 5.74) is 1.97. The topological polar surface area (TPSA) is 161 Å². The van der Waals surface area contributed by atoms with E-state index in [0.29, 0.717) is 18.5 Å². The number of imide groups is 3. The number of para-hydroxylation sites is 1. The average molecular weight is 617 g/mol. The van der Waals surface area contributed by atoms with E-state index in [9.17, 15) is 24.0 Å². The number of β-lactam (4-membered cyclic amide) rings is 1. The first-order chi connectivity index (χ1) is 21.8. The van der Waals surface area contributed by atoms with Gasteiger partial charge in [0.1, 0.15) is 25.7 Å². The third kappa shape index (κ3) is 8.74. The second kappa shape index (κ2) is 15.8. The largest absolute Gasteiger partial charge is 0.532 e. The summed E-state index contributed by atoms with van der Waals surface area (Å²) in [5, 5.41) is 7.86. The van der Waals surface area contributed by atoms with Crippen LogP contribution in [0, 0.1) is 5.92 Å². The number of aliphatic imine (C=N–C) groups is 1. The number of guanidine groups is 1. The van der Waals surface area contributed by atoms with Crippen LogP contribution in [-0.2, 0) is 32.2 Å². The van der Waals surface area contributed by atoms with Crippen molar-refractivity contribution in [2.24, 2.45) is 10.9 Å². The summed E-state index contributed by atoms with van der Waals surface area (Å²) in [5.74, 6) is -1.38. The van der Waals surface area contributed by atoms with Crippen LogP contribution < -0.4 is 16.0 Å². The molecule has 1 aliphatic rings. The molecule has 0 aromatic heterocycles. The van der Waals surface area contributed by atoms with Crippen molar-refractivity contribution < 1.29 is 42.7 Å². The van der Waals surface area contributed by atoms with Crippen LogP contribution in [0.1, 0.15) is 24.0 Å². The Bertz CT molecular complexity index is 1520. The standard InChI is InChI=1S/C32H33N5O8/c1-43-32(42)37(29(39)34-26-17-9-4-10-18-26)20-25(27(37)38)16-11-19-33-28(35-30(40)44-21-23-12-5-2-6-13-23)36-31(41)45-22-24-14-7-3-8-15-24/h2-10,12-15,17-18,25H,11,16,19-22H2,1H3,(H2-,33,34,35,36,39,40,41)/p+1/t25-,37+/m1/s1. The van der Waals surface area contributed by atoms with Crippen LogP contribution in [0.4, 0.5) is 24.9 Å². The number of nitrogens with zero attached hydrogens (tertiary/aromatic N) is 2. The minimum atomic E-state index is -1.10. The minimum absolute atomic E-state index is 0.000241. The molecule has 1 fully saturated rings. The number of hydrogen-bond acceptors (Lipinski definition) is 8. The van der Waals surface area contributed by atoms with Crippen LogP contribution in [0.5, 0.6) is 0 Å². The number of alkyl carbamates (subject to hydrolysis) is 1. The van der Waals surface area contributed by atoms with Crippen molar-refractivity contribution in [1.82, 2.24) is 10.6 Å². The molecule has 1 saturated heterocycles. The lowest BCUT2D eigenvalue weighted by atomic mass is 9.90. The molecule has 1 heterocycles. The lowest BCUT2D eigenvalue weighted by Gasteiger charge is -2.40. The Morgan fingerprint density at radius 2 is 1.42 bits per heavy atom. The van der Waals surface area contributed by atoms with E-state index < -0.39 is 40.6 Å². The van der Waals surface area contributed by atoms with Gasteiger partial charge in [0.25, 0.3) is 0 Å². The first kappa shape index (κ1) is 32.4. The monoisotopic (exact) mass is 616 g/mol. The maximum absolute atomic E-state index is 13.1. The van der Waals surface area contributed by atoms with Gasteiger partial charge in [-0.05, 0) is 36.1 Å². The van der Waals surface area contributed by atoms with Crippen LogP contribution in [0.3, 0.4) is 0 Å². The SMILES string of the molecule is COC(=O)[N@@+]1(C(=O)Nc2ccccc2)C[C@@H](CCCNC(=NC(=O)OCc2ccccc2)NC(=O)OCc2ccccc2)C1=O. The van der Waals surface area contributed by atoms with Gasteiger partial charge < -0.3 is 19.5 Å². The number of methoxy groups -OCH3 is 1. The van der Waals surface area contributed by atoms with E-state index in [-0.39, 0.29) is 32.3 Å². The second-order valence-electron chi connectivity index (χ2n) is 10.1. The fourth-order valence-corrected chi connectivity index (χ4v) is 4.60. The molecule has 3 N–H and O–H groups in total. The van der Waals surface area contributed by atoms with Gasteiger partial charge in [0.05, 0.1) is 7.11 Å². The van der Waals surface area contributed by atoms with Gasteiger partial charge in [0.15, 0.2) is 0 Å². The summed E-state index contributed by atoms with van der Waals surface area (Å²) in [4.78, 5) is 67.4. The van der Waals surface area contributed by atoms with E-state index >= 15 is 0 Å². The number of likely N-dealkylation sites (tertiary alicyclic amines) is 1. The van der Waals surface area contributed by atoms with Crippen molar-refractivity contribution >= 4 is 41.9 Å². The number of nitrogens with one attached hydrogen (secondary N) is 3. The number of hydrogen-bond donors (Lipinski definition) is 3. The van der Waals surface area contributed by atoms with E-state index in [1.807, 2.05) is 24.3 Å². The molecule has 0 spiro atoms. The molecule has 4 rings (SSSR count). The molecule has 0 bridgehead atoms. The number of quaternary nitrogens is 1. The summed E-state index contributed by atoms with van der Waals surface area (Å²) < 4.78 is 14.1. The van der Waals surface area contributed by atoms with Crippen LogP contribution >= 0.6 is 0 Å². The third-order valence-corrected chi connectivity index (χ3v) is 6.94. The highest BCUT2D eigenvalue weighted by atomic mass is 16.6. The number of amides is 6. The molecule has 2 atom stereocenters. The highest BCUT2D eigenvalue weighted by molar-refractivity contribution is 6.04. The number of benzene rings is 3. The van der Waals surface area contributed by atoms with Crippen molar-refractivity contribution in [3.8, 4) is 0 Å². The molecule has 45 heavy (non-hydrogen) atoms. The number of ether oxygens (including phenoxy) is 3. The summed E-state index contributed by atoms with van der Waals surface area (Å²) >= 11 is 0. The Hall–Kier alpha value is -5.56. The molecule has 1 aliphatic heterocycles. The summed E-state index contributed by atoms with van der Waals surface area (Å²) in [6.07, 6.45) is -2.07. The van der Waals surface area contributed by atoms with Crippen molar-refractivity contribution in [3.05, 3.63) is 102 Å². The van der Waals surface area contributed by atoms with Gasteiger partial charge in [-0.15, -0.1) is 4.99 Å². The Kier molecular flexibility index (Phi) is 11.3. The van der Waals surface area contributed by atoms with Crippen molar-refractivity contribution in [2.45, 2.75) is 26.1 Å². The Morgan fingerprint density at radius 1 is 0.844 bits per heavy atom. The minimum Gasteiger partial charge on any atom is -0.444 e. The van der Waals surface area contributed by atoms with Crippen molar-refractivity contribution in [3.63, 3.8) is 0 Å². The molecule has 0 radical (unpaired) electrons. The van der Waals surface area contributed by atoms with E-state index in [4.69, 9.17) is 14.2 Å². The molecule has 3 aromatic carbocycles. The maximum atomic E-state index is 13.1. The maximum Gasteiger partial charge on any atom is 0.532 e. The fourth-order valence-electron chi connectivity index (χ4n) is 4.60. The molecule has 0 unspecified atom stereocenters. The number of carbonyl (C=O) groups excluding carboxylic acids is 5. The van der Waals surface area contributed by atoms with E-state index in [2.05, 4.69) is 20.9 Å². The quantitative estimate of drug-likeness (QED) is 0.0755. The number of rotatable bonds is 9. The van der Waals surface area contributed by atoms with E-state index in [0.717, 1.165) is 18.2 Å². The van der Waals surface area contributed by atoms with Gasteiger partial charge in [0.2, 0.25) is 5.96 Å². The van der Waals surface area contributed by atoms with Gasteiger partial charge >= 0.3 is 30.2 Å². The smallest absolute Gasteiger partial charge is 0.444 e. The van der Waals surface area contributed by atoms with Crippen LogP contribution in [0.25, 0.3) is 0 Å². The normalized spacial score (nSPS) is 17.3. The zero-order valence-electron chi connectivity index (χ0n) is 24.6. The first-order valence-electron chi connectivity index (χ1n) is 14.2. The Balaban J connectivity index is 1.32. The molecule has 13 nitrogen and oxygen atoms in total. The summed E-state index contributed by atoms with van der Waals surface area (Å²) in [7, 11) is 1.12. The Morgan fingerprint density at radius 3 is 2.00 bits per heavy atom. The predicted octanol–water partition coefficient (Wildman–Crippen LogP) is 4.95. The van der Waals surface area contributed by atoms with Crippen molar-refractivity contribution in [2.75, 3.05) is 25.5 Å². The van der Waals surface area contributed by atoms with Gasteiger partial charge in [0, 0.05) is 12.2 Å². The molecular weight excluding hydrogens is 582 g/mol. The number of urea groups is 1. The molecule has 234 valence electrons.